The van der Waals surface area contributed by atoms with Crippen molar-refractivity contribution in [1.29, 1.82) is 0 Å². The van der Waals surface area contributed by atoms with Crippen LogP contribution in [0.5, 0.6) is 5.88 Å². The summed E-state index contributed by atoms with van der Waals surface area (Å²) >= 11 is 1.19. The van der Waals surface area contributed by atoms with Crippen molar-refractivity contribution in [1.82, 2.24) is 9.97 Å². The molecule has 0 spiro atoms. The van der Waals surface area contributed by atoms with Crippen LogP contribution >= 0.6 is 11.8 Å². The number of methoxy groups -OCH3 is 1. The molecule has 0 unspecified atom stereocenters. The zero-order chi connectivity index (χ0) is 13.8. The lowest BCUT2D eigenvalue weighted by molar-refractivity contribution is -0.151. The van der Waals surface area contributed by atoms with Gasteiger partial charge >= 0.3 is 5.97 Å². The average Bonchev–Trinajstić information content (AvgIpc) is 2.25. The number of nitrogens with two attached hydrogens (primary N) is 1. The summed E-state index contributed by atoms with van der Waals surface area (Å²) in [7, 11) is 1.47. The second kappa shape index (κ2) is 5.90. The van der Waals surface area contributed by atoms with Crippen molar-refractivity contribution in [2.75, 3.05) is 18.6 Å². The van der Waals surface area contributed by atoms with Crippen LogP contribution in [0.15, 0.2) is 11.4 Å². The Hall–Kier alpha value is -1.50. The Labute approximate surface area is 110 Å². The molecule has 0 aliphatic rings. The molecule has 2 N–H and O–H groups in total. The minimum Gasteiger partial charge on any atom is -0.479 e. The smallest absolute Gasteiger partial charge is 0.316 e. The van der Waals surface area contributed by atoms with Crippen LogP contribution in [0.25, 0.3) is 0 Å². The molecule has 0 aromatic carbocycles. The Balaban J connectivity index is 2.61. The number of thioether (sulfide) groups is 1. The number of esters is 1. The number of ether oxygens (including phenoxy) is 2. The van der Waals surface area contributed by atoms with Crippen LogP contribution in [0.4, 0.5) is 5.69 Å². The van der Waals surface area contributed by atoms with E-state index < -0.39 is 5.60 Å². The van der Waals surface area contributed by atoms with Gasteiger partial charge in [-0.15, -0.1) is 0 Å². The van der Waals surface area contributed by atoms with Gasteiger partial charge in [-0.05, 0) is 20.8 Å². The molecule has 7 heteroatoms. The first-order valence-corrected chi connectivity index (χ1v) is 6.31. The molecule has 0 fully saturated rings. The van der Waals surface area contributed by atoms with Gasteiger partial charge in [-0.2, -0.15) is 4.98 Å². The summed E-state index contributed by atoms with van der Waals surface area (Å²) in [5.74, 6) is 0.128. The Bertz CT molecular complexity index is 432. The normalized spacial score (nSPS) is 11.1. The maximum absolute atomic E-state index is 11.5. The lowest BCUT2D eigenvalue weighted by atomic mass is 10.2. The second-order valence-electron chi connectivity index (χ2n) is 4.48. The van der Waals surface area contributed by atoms with Crippen molar-refractivity contribution in [3.63, 3.8) is 0 Å². The highest BCUT2D eigenvalue weighted by molar-refractivity contribution is 8.00. The number of carbonyl (C=O) groups is 1. The highest BCUT2D eigenvalue weighted by atomic mass is 32.2. The van der Waals surface area contributed by atoms with Gasteiger partial charge in [-0.3, -0.25) is 4.79 Å². The van der Waals surface area contributed by atoms with Gasteiger partial charge < -0.3 is 15.2 Å². The first kappa shape index (κ1) is 14.6. The largest absolute Gasteiger partial charge is 0.479 e. The van der Waals surface area contributed by atoms with E-state index in [0.717, 1.165) is 0 Å². The number of carbonyl (C=O) groups excluding carboxylic acids is 1. The zero-order valence-corrected chi connectivity index (χ0v) is 11.7. The minimum absolute atomic E-state index is 0.141. The van der Waals surface area contributed by atoms with Crippen LogP contribution in [0, 0.1) is 0 Å². The highest BCUT2D eigenvalue weighted by Gasteiger charge is 2.17. The van der Waals surface area contributed by atoms with Gasteiger partial charge in [0.1, 0.15) is 22.6 Å². The first-order valence-electron chi connectivity index (χ1n) is 5.32. The predicted molar refractivity (Wildman–Crippen MR) is 69.6 cm³/mol. The highest BCUT2D eigenvalue weighted by Crippen LogP contribution is 2.28. The lowest BCUT2D eigenvalue weighted by Crippen LogP contribution is -2.25. The van der Waals surface area contributed by atoms with Crippen LogP contribution in [-0.2, 0) is 9.53 Å². The number of hydrogen-bond donors (Lipinski definition) is 1. The molecule has 0 saturated carbocycles. The van der Waals surface area contributed by atoms with Gasteiger partial charge in [0.05, 0.1) is 12.9 Å². The molecule has 1 rings (SSSR count). The van der Waals surface area contributed by atoms with Crippen molar-refractivity contribution >= 4 is 23.4 Å². The molecule has 0 radical (unpaired) electrons. The third-order valence-corrected chi connectivity index (χ3v) is 2.73. The van der Waals surface area contributed by atoms with Crippen LogP contribution in [0.2, 0.25) is 0 Å². The summed E-state index contributed by atoms with van der Waals surface area (Å²) in [6.07, 6.45) is 1.34. The summed E-state index contributed by atoms with van der Waals surface area (Å²) < 4.78 is 10.1. The molecule has 0 atom stereocenters. The molecule has 0 amide bonds. The standard InChI is InChI=1S/C11H17N3O3S/c1-11(2,3)17-7(15)5-18-10-8(12)9(16-4)13-6-14-10/h6H,5,12H2,1-4H3. The average molecular weight is 271 g/mol. The number of nitrogen functional groups attached to an aromatic ring is 1. The molecule has 6 nitrogen and oxygen atoms in total. The van der Waals surface area contributed by atoms with Crippen LogP contribution in [0.3, 0.4) is 0 Å². The van der Waals surface area contributed by atoms with E-state index in [1.54, 1.807) is 0 Å². The molecule has 0 aliphatic carbocycles. The fraction of sp³-hybridized carbons (Fsp3) is 0.545. The second-order valence-corrected chi connectivity index (χ2v) is 5.44. The van der Waals surface area contributed by atoms with Gasteiger partial charge in [-0.25, -0.2) is 4.98 Å². The predicted octanol–water partition coefficient (Wildman–Crippen LogP) is 1.50. The van der Waals surface area contributed by atoms with Gasteiger partial charge in [0.25, 0.3) is 0 Å². The molecule has 1 aromatic rings. The monoisotopic (exact) mass is 271 g/mol. The number of nitrogens with zero attached hydrogens (tertiary/aromatic N) is 2. The summed E-state index contributed by atoms with van der Waals surface area (Å²) in [4.78, 5) is 19.4. The van der Waals surface area contributed by atoms with E-state index in [1.165, 1.54) is 25.2 Å². The maximum Gasteiger partial charge on any atom is 0.316 e. The third-order valence-electron chi connectivity index (χ3n) is 1.75. The Morgan fingerprint density at radius 2 is 2.11 bits per heavy atom. The van der Waals surface area contributed by atoms with Gasteiger partial charge in [0.2, 0.25) is 5.88 Å². The lowest BCUT2D eigenvalue weighted by Gasteiger charge is -2.19. The van der Waals surface area contributed by atoms with Crippen LogP contribution < -0.4 is 10.5 Å². The van der Waals surface area contributed by atoms with Gasteiger partial charge in [0.15, 0.2) is 0 Å². The van der Waals surface area contributed by atoms with Crippen molar-refractivity contribution < 1.29 is 14.3 Å². The fourth-order valence-electron chi connectivity index (χ4n) is 1.14. The minimum atomic E-state index is -0.494. The van der Waals surface area contributed by atoms with E-state index >= 15 is 0 Å². The Kier molecular flexibility index (Phi) is 4.77. The summed E-state index contributed by atoms with van der Waals surface area (Å²) in [6.45, 7) is 5.45. The quantitative estimate of drug-likeness (QED) is 0.504. The number of aromatic nitrogens is 2. The molecule has 1 aromatic heterocycles. The Morgan fingerprint density at radius 1 is 1.44 bits per heavy atom. The van der Waals surface area contributed by atoms with E-state index in [-0.39, 0.29) is 11.7 Å². The first-order chi connectivity index (χ1) is 8.33. The van der Waals surface area contributed by atoms with Crippen molar-refractivity contribution in [2.24, 2.45) is 0 Å². The molecule has 18 heavy (non-hydrogen) atoms. The number of rotatable bonds is 4. The summed E-state index contributed by atoms with van der Waals surface area (Å²) in [5, 5.41) is 0.507. The van der Waals surface area contributed by atoms with Gasteiger partial charge in [0, 0.05) is 0 Å². The van der Waals surface area contributed by atoms with Crippen LogP contribution in [0.1, 0.15) is 20.8 Å². The molecular formula is C11H17N3O3S. The molecular weight excluding hydrogens is 254 g/mol. The summed E-state index contributed by atoms with van der Waals surface area (Å²) in [5.41, 5.74) is 5.62. The Morgan fingerprint density at radius 3 is 2.67 bits per heavy atom. The molecule has 0 aliphatic heterocycles. The maximum atomic E-state index is 11.5. The zero-order valence-electron chi connectivity index (χ0n) is 10.9. The number of anilines is 1. The summed E-state index contributed by atoms with van der Waals surface area (Å²) in [6, 6.07) is 0. The van der Waals surface area contributed by atoms with Crippen molar-refractivity contribution in [3.05, 3.63) is 6.33 Å². The molecule has 0 bridgehead atoms. The SMILES string of the molecule is COc1ncnc(SCC(=O)OC(C)(C)C)c1N. The van der Waals surface area contributed by atoms with Crippen LogP contribution in [-0.4, -0.2) is 34.4 Å². The number of hydrogen-bond acceptors (Lipinski definition) is 7. The fourth-order valence-corrected chi connectivity index (χ4v) is 1.82. The topological polar surface area (TPSA) is 87.3 Å². The van der Waals surface area contributed by atoms with Crippen molar-refractivity contribution in [2.45, 2.75) is 31.4 Å². The molecule has 100 valence electrons. The third kappa shape index (κ3) is 4.40. The van der Waals surface area contributed by atoms with E-state index in [0.29, 0.717) is 16.6 Å². The van der Waals surface area contributed by atoms with Crippen molar-refractivity contribution in [3.8, 4) is 5.88 Å². The van der Waals surface area contributed by atoms with E-state index in [2.05, 4.69) is 9.97 Å². The van der Waals surface area contributed by atoms with E-state index in [1.807, 2.05) is 20.8 Å². The van der Waals surface area contributed by atoms with E-state index in [9.17, 15) is 4.79 Å². The molecule has 0 saturated heterocycles. The van der Waals surface area contributed by atoms with E-state index in [4.69, 9.17) is 15.2 Å². The van der Waals surface area contributed by atoms with Gasteiger partial charge in [-0.1, -0.05) is 11.8 Å². The molecule has 1 heterocycles.